The summed E-state index contributed by atoms with van der Waals surface area (Å²) in [6.07, 6.45) is 1.87. The van der Waals surface area contributed by atoms with E-state index in [4.69, 9.17) is 5.73 Å². The van der Waals surface area contributed by atoms with Crippen LogP contribution >= 0.6 is 11.3 Å². The molecule has 3 aromatic rings. The van der Waals surface area contributed by atoms with Crippen LogP contribution in [-0.2, 0) is 4.79 Å². The molecule has 0 aliphatic heterocycles. The number of aromatic nitrogens is 1. The molecule has 4 N–H and O–H groups in total. The zero-order chi connectivity index (χ0) is 13.2. The molecule has 2 aromatic heterocycles. The fraction of sp³-hybridized carbons (Fsp3) is 0.0714. The Bertz CT molecular complexity index is 702. The summed E-state index contributed by atoms with van der Waals surface area (Å²) in [5.41, 5.74) is 7.71. The van der Waals surface area contributed by atoms with E-state index in [-0.39, 0.29) is 5.91 Å². The molecule has 1 unspecified atom stereocenters. The van der Waals surface area contributed by atoms with Gasteiger partial charge in [0.15, 0.2) is 0 Å². The van der Waals surface area contributed by atoms with Crippen molar-refractivity contribution in [3.63, 3.8) is 0 Å². The van der Waals surface area contributed by atoms with Crippen molar-refractivity contribution in [2.75, 3.05) is 5.32 Å². The monoisotopic (exact) mass is 271 g/mol. The molecule has 19 heavy (non-hydrogen) atoms. The lowest BCUT2D eigenvalue weighted by Crippen LogP contribution is -2.26. The second-order valence-electron chi connectivity index (χ2n) is 4.26. The lowest BCUT2D eigenvalue weighted by molar-refractivity contribution is -0.117. The molecule has 0 fully saturated rings. The van der Waals surface area contributed by atoms with Gasteiger partial charge in [0.1, 0.15) is 6.04 Å². The second kappa shape index (κ2) is 4.87. The van der Waals surface area contributed by atoms with Crippen LogP contribution in [0.15, 0.2) is 48.0 Å². The van der Waals surface area contributed by atoms with Crippen molar-refractivity contribution in [3.05, 3.63) is 52.9 Å². The fourth-order valence-electron chi connectivity index (χ4n) is 1.95. The third kappa shape index (κ3) is 2.38. The SMILES string of the molecule is NC(C(=O)Nc1ccc2[nH]ccc2c1)c1cccs1. The highest BCUT2D eigenvalue weighted by Gasteiger charge is 2.16. The molecule has 1 amide bonds. The number of anilines is 1. The first-order valence-electron chi connectivity index (χ1n) is 5.91. The molecule has 1 atom stereocenters. The molecule has 0 saturated heterocycles. The number of thiophene rings is 1. The van der Waals surface area contributed by atoms with Gasteiger partial charge in [0.2, 0.25) is 5.91 Å². The molecule has 3 rings (SSSR count). The van der Waals surface area contributed by atoms with Crippen molar-refractivity contribution in [1.29, 1.82) is 0 Å². The molecule has 0 bridgehead atoms. The Labute approximate surface area is 114 Å². The molecule has 2 heterocycles. The third-order valence-corrected chi connectivity index (χ3v) is 3.91. The average molecular weight is 271 g/mol. The molecule has 0 saturated carbocycles. The number of nitrogens with one attached hydrogen (secondary N) is 2. The summed E-state index contributed by atoms with van der Waals surface area (Å²) in [6, 6.07) is 10.8. The average Bonchev–Trinajstić information content (AvgIpc) is 3.08. The molecule has 96 valence electrons. The van der Waals surface area contributed by atoms with Crippen molar-refractivity contribution < 1.29 is 4.79 Å². The summed E-state index contributed by atoms with van der Waals surface area (Å²) in [6.45, 7) is 0. The van der Waals surface area contributed by atoms with Gasteiger partial charge in [-0.2, -0.15) is 0 Å². The summed E-state index contributed by atoms with van der Waals surface area (Å²) >= 11 is 1.48. The molecule has 4 nitrogen and oxygen atoms in total. The number of carbonyl (C=O) groups is 1. The van der Waals surface area contributed by atoms with Crippen LogP contribution in [0.5, 0.6) is 0 Å². The number of fused-ring (bicyclic) bond motifs is 1. The summed E-state index contributed by atoms with van der Waals surface area (Å²) in [5.74, 6) is -0.197. The maximum Gasteiger partial charge on any atom is 0.246 e. The predicted molar refractivity (Wildman–Crippen MR) is 78.2 cm³/mol. The van der Waals surface area contributed by atoms with Crippen LogP contribution in [0.1, 0.15) is 10.9 Å². The van der Waals surface area contributed by atoms with Crippen molar-refractivity contribution in [2.45, 2.75) is 6.04 Å². The highest BCUT2D eigenvalue weighted by Crippen LogP contribution is 2.21. The molecule has 0 aliphatic carbocycles. The van der Waals surface area contributed by atoms with Gasteiger partial charge < -0.3 is 16.0 Å². The van der Waals surface area contributed by atoms with E-state index in [9.17, 15) is 4.79 Å². The maximum absolute atomic E-state index is 12.0. The highest BCUT2D eigenvalue weighted by molar-refractivity contribution is 7.10. The number of nitrogens with two attached hydrogens (primary N) is 1. The number of amides is 1. The minimum atomic E-state index is -0.623. The van der Waals surface area contributed by atoms with Gasteiger partial charge in [0.05, 0.1) is 0 Å². The molecule has 0 radical (unpaired) electrons. The number of aromatic amines is 1. The van der Waals surface area contributed by atoms with Crippen molar-refractivity contribution in [2.24, 2.45) is 5.73 Å². The van der Waals surface area contributed by atoms with Gasteiger partial charge in [0.25, 0.3) is 0 Å². The zero-order valence-electron chi connectivity index (χ0n) is 10.1. The summed E-state index contributed by atoms with van der Waals surface area (Å²) in [7, 11) is 0. The third-order valence-electron chi connectivity index (χ3n) is 2.95. The minimum absolute atomic E-state index is 0.197. The maximum atomic E-state index is 12.0. The van der Waals surface area contributed by atoms with E-state index >= 15 is 0 Å². The van der Waals surface area contributed by atoms with E-state index in [1.807, 2.05) is 48.0 Å². The molecule has 0 aliphatic rings. The first-order valence-corrected chi connectivity index (χ1v) is 6.79. The molecule has 5 heteroatoms. The van der Waals surface area contributed by atoms with Crippen LogP contribution in [0.25, 0.3) is 10.9 Å². The lowest BCUT2D eigenvalue weighted by Gasteiger charge is -2.10. The Morgan fingerprint density at radius 3 is 3.00 bits per heavy atom. The molecule has 1 aromatic carbocycles. The van der Waals surface area contributed by atoms with Crippen molar-refractivity contribution in [1.82, 2.24) is 4.98 Å². The lowest BCUT2D eigenvalue weighted by atomic mass is 10.2. The second-order valence-corrected chi connectivity index (χ2v) is 5.24. The standard InChI is InChI=1S/C14H13N3OS/c15-13(12-2-1-7-19-12)14(18)17-10-3-4-11-9(8-10)5-6-16-11/h1-8,13,16H,15H2,(H,17,18). The van der Waals surface area contributed by atoms with Crippen LogP contribution in [0.3, 0.4) is 0 Å². The van der Waals surface area contributed by atoms with Gasteiger partial charge in [-0.25, -0.2) is 0 Å². The van der Waals surface area contributed by atoms with Crippen LogP contribution < -0.4 is 11.1 Å². The quantitative estimate of drug-likeness (QED) is 0.685. The number of rotatable bonds is 3. The Hall–Kier alpha value is -2.11. The first-order chi connectivity index (χ1) is 9.24. The summed E-state index contributed by atoms with van der Waals surface area (Å²) in [4.78, 5) is 16.0. The number of H-pyrrole nitrogens is 1. The van der Waals surface area contributed by atoms with Crippen molar-refractivity contribution in [3.8, 4) is 0 Å². The molecular formula is C14H13N3OS. The van der Waals surface area contributed by atoms with Crippen LogP contribution in [0.2, 0.25) is 0 Å². The van der Waals surface area contributed by atoms with Crippen LogP contribution in [-0.4, -0.2) is 10.9 Å². The smallest absolute Gasteiger partial charge is 0.246 e. The number of carbonyl (C=O) groups excluding carboxylic acids is 1. The van der Waals surface area contributed by atoms with E-state index in [0.29, 0.717) is 0 Å². The minimum Gasteiger partial charge on any atom is -0.361 e. The van der Waals surface area contributed by atoms with Gasteiger partial charge in [-0.15, -0.1) is 11.3 Å². The van der Waals surface area contributed by atoms with Crippen LogP contribution in [0, 0.1) is 0 Å². The Morgan fingerprint density at radius 1 is 1.32 bits per heavy atom. The van der Waals surface area contributed by atoms with Crippen molar-refractivity contribution >= 4 is 33.8 Å². The van der Waals surface area contributed by atoms with E-state index in [0.717, 1.165) is 21.5 Å². The van der Waals surface area contributed by atoms with E-state index in [1.54, 1.807) is 0 Å². The first kappa shape index (κ1) is 12.0. The summed E-state index contributed by atoms with van der Waals surface area (Å²) in [5, 5.41) is 5.81. The predicted octanol–water partition coefficient (Wildman–Crippen LogP) is 2.87. The van der Waals surface area contributed by atoms with Gasteiger partial charge in [-0.05, 0) is 35.7 Å². The van der Waals surface area contributed by atoms with E-state index in [2.05, 4.69) is 10.3 Å². The number of benzene rings is 1. The highest BCUT2D eigenvalue weighted by atomic mass is 32.1. The van der Waals surface area contributed by atoms with Gasteiger partial charge in [-0.1, -0.05) is 6.07 Å². The largest absolute Gasteiger partial charge is 0.361 e. The van der Waals surface area contributed by atoms with Crippen LogP contribution in [0.4, 0.5) is 5.69 Å². The Kier molecular flexibility index (Phi) is 3.06. The van der Waals surface area contributed by atoms with Gasteiger partial charge in [-0.3, -0.25) is 4.79 Å². The number of hydrogen-bond acceptors (Lipinski definition) is 3. The topological polar surface area (TPSA) is 70.9 Å². The Balaban J connectivity index is 1.78. The van der Waals surface area contributed by atoms with Gasteiger partial charge >= 0.3 is 0 Å². The molecule has 0 spiro atoms. The molecular weight excluding hydrogens is 258 g/mol. The zero-order valence-corrected chi connectivity index (χ0v) is 10.9. The number of hydrogen-bond donors (Lipinski definition) is 3. The summed E-state index contributed by atoms with van der Waals surface area (Å²) < 4.78 is 0. The van der Waals surface area contributed by atoms with Gasteiger partial charge in [0, 0.05) is 27.7 Å². The fourth-order valence-corrected chi connectivity index (χ4v) is 2.67. The normalized spacial score (nSPS) is 12.5. The van der Waals surface area contributed by atoms with E-state index in [1.165, 1.54) is 11.3 Å². The Morgan fingerprint density at radius 2 is 2.21 bits per heavy atom. The van der Waals surface area contributed by atoms with E-state index < -0.39 is 6.04 Å².